The zero-order valence-electron chi connectivity index (χ0n) is 12.2. The third-order valence-corrected chi connectivity index (χ3v) is 3.45. The van der Waals surface area contributed by atoms with Crippen LogP contribution >= 0.6 is 11.6 Å². The van der Waals surface area contributed by atoms with E-state index in [1.165, 1.54) is 18.3 Å². The van der Waals surface area contributed by atoms with Gasteiger partial charge in [0.2, 0.25) is 5.89 Å². The van der Waals surface area contributed by atoms with Crippen LogP contribution in [0.2, 0.25) is 5.02 Å². The quantitative estimate of drug-likeness (QED) is 0.692. The summed E-state index contributed by atoms with van der Waals surface area (Å²) < 4.78 is 5.54. The highest BCUT2D eigenvalue weighted by Crippen LogP contribution is 2.23. The molecule has 7 heteroatoms. The third-order valence-electron chi connectivity index (χ3n) is 3.22. The van der Waals surface area contributed by atoms with Crippen molar-refractivity contribution in [2.75, 3.05) is 5.32 Å². The standard InChI is InChI=1S/C17H10ClN3O3/c18-12-3-6-15-14(7-12)21-16(24-15)11(8-19)9-20-13-4-1-10(2-5-13)17(22)23/h1-7,9,20H,(H,22,23)/b11-9+. The van der Waals surface area contributed by atoms with E-state index >= 15 is 0 Å². The van der Waals surface area contributed by atoms with Gasteiger partial charge in [0.25, 0.3) is 0 Å². The number of anilines is 1. The maximum atomic E-state index is 10.8. The molecule has 2 aromatic carbocycles. The van der Waals surface area contributed by atoms with Crippen LogP contribution in [0.3, 0.4) is 0 Å². The fourth-order valence-electron chi connectivity index (χ4n) is 2.02. The topological polar surface area (TPSA) is 99.2 Å². The van der Waals surface area contributed by atoms with Gasteiger partial charge >= 0.3 is 5.97 Å². The van der Waals surface area contributed by atoms with Crippen LogP contribution in [0.1, 0.15) is 16.2 Å². The van der Waals surface area contributed by atoms with Crippen LogP contribution in [-0.4, -0.2) is 16.1 Å². The van der Waals surface area contributed by atoms with Gasteiger partial charge in [-0.05, 0) is 42.5 Å². The first-order valence-electron chi connectivity index (χ1n) is 6.83. The highest BCUT2D eigenvalue weighted by molar-refractivity contribution is 6.31. The van der Waals surface area contributed by atoms with E-state index in [0.717, 1.165) is 0 Å². The number of carbonyl (C=O) groups is 1. The van der Waals surface area contributed by atoms with Gasteiger partial charge in [-0.25, -0.2) is 9.78 Å². The van der Waals surface area contributed by atoms with E-state index in [4.69, 9.17) is 21.1 Å². The van der Waals surface area contributed by atoms with Crippen molar-refractivity contribution in [3.05, 3.63) is 65.1 Å². The van der Waals surface area contributed by atoms with Gasteiger partial charge in [0, 0.05) is 16.9 Å². The second kappa shape index (κ2) is 6.44. The zero-order valence-corrected chi connectivity index (χ0v) is 12.9. The molecule has 0 radical (unpaired) electrons. The molecule has 0 bridgehead atoms. The molecule has 3 aromatic rings. The minimum absolute atomic E-state index is 0.171. The van der Waals surface area contributed by atoms with Gasteiger partial charge < -0.3 is 14.8 Å². The van der Waals surface area contributed by atoms with E-state index in [-0.39, 0.29) is 17.0 Å². The van der Waals surface area contributed by atoms with Gasteiger partial charge in [0.15, 0.2) is 5.58 Å². The minimum atomic E-state index is -1.00. The van der Waals surface area contributed by atoms with Crippen molar-refractivity contribution in [3.8, 4) is 6.07 Å². The summed E-state index contributed by atoms with van der Waals surface area (Å²) in [4.78, 5) is 15.0. The number of aromatic nitrogens is 1. The second-order valence-electron chi connectivity index (χ2n) is 4.83. The van der Waals surface area contributed by atoms with Gasteiger partial charge in [-0.1, -0.05) is 11.6 Å². The highest BCUT2D eigenvalue weighted by atomic mass is 35.5. The summed E-state index contributed by atoms with van der Waals surface area (Å²) in [6.45, 7) is 0. The number of oxazole rings is 1. The van der Waals surface area contributed by atoms with E-state index in [0.29, 0.717) is 21.8 Å². The molecule has 0 aliphatic heterocycles. The molecule has 2 N–H and O–H groups in total. The summed E-state index contributed by atoms with van der Waals surface area (Å²) >= 11 is 5.90. The average Bonchev–Trinajstić information content (AvgIpc) is 2.98. The summed E-state index contributed by atoms with van der Waals surface area (Å²) in [7, 11) is 0. The Morgan fingerprint density at radius 2 is 2.04 bits per heavy atom. The molecule has 1 heterocycles. The Morgan fingerprint density at radius 1 is 1.29 bits per heavy atom. The highest BCUT2D eigenvalue weighted by Gasteiger charge is 2.11. The molecule has 24 heavy (non-hydrogen) atoms. The Kier molecular flexibility index (Phi) is 4.18. The number of benzene rings is 2. The molecule has 0 atom stereocenters. The predicted octanol–water partition coefficient (Wildman–Crippen LogP) is 4.16. The van der Waals surface area contributed by atoms with Crippen LogP contribution in [0.15, 0.2) is 53.1 Å². The van der Waals surface area contributed by atoms with Crippen molar-refractivity contribution < 1.29 is 14.3 Å². The van der Waals surface area contributed by atoms with Crippen molar-refractivity contribution in [3.63, 3.8) is 0 Å². The Hall–Kier alpha value is -3.30. The summed E-state index contributed by atoms with van der Waals surface area (Å²) in [5, 5.41) is 21.6. The zero-order chi connectivity index (χ0) is 17.1. The molecular formula is C17H10ClN3O3. The van der Waals surface area contributed by atoms with Gasteiger partial charge in [-0.3, -0.25) is 0 Å². The molecule has 1 aromatic heterocycles. The van der Waals surface area contributed by atoms with Crippen molar-refractivity contribution >= 4 is 39.9 Å². The molecule has 0 spiro atoms. The number of carboxylic acid groups (broad SMARTS) is 1. The van der Waals surface area contributed by atoms with E-state index < -0.39 is 5.97 Å². The summed E-state index contributed by atoms with van der Waals surface area (Å²) in [6, 6.07) is 13.1. The molecule has 0 unspecified atom stereocenters. The smallest absolute Gasteiger partial charge is 0.335 e. The Balaban J connectivity index is 1.85. The number of carboxylic acids is 1. The van der Waals surface area contributed by atoms with Crippen LogP contribution in [0.4, 0.5) is 5.69 Å². The van der Waals surface area contributed by atoms with Gasteiger partial charge in [0.05, 0.1) is 5.56 Å². The molecule has 118 valence electrons. The lowest BCUT2D eigenvalue weighted by molar-refractivity contribution is 0.0697. The lowest BCUT2D eigenvalue weighted by Crippen LogP contribution is -1.96. The number of nitrogens with zero attached hydrogens (tertiary/aromatic N) is 2. The predicted molar refractivity (Wildman–Crippen MR) is 89.6 cm³/mol. The number of nitriles is 1. The first-order chi connectivity index (χ1) is 11.6. The first-order valence-corrected chi connectivity index (χ1v) is 7.21. The van der Waals surface area contributed by atoms with Gasteiger partial charge in [0.1, 0.15) is 17.2 Å². The van der Waals surface area contributed by atoms with E-state index in [1.807, 2.05) is 6.07 Å². The number of hydrogen-bond donors (Lipinski definition) is 2. The van der Waals surface area contributed by atoms with Crippen molar-refractivity contribution in [1.29, 1.82) is 5.26 Å². The Morgan fingerprint density at radius 3 is 2.71 bits per heavy atom. The number of halogens is 1. The number of nitrogens with one attached hydrogen (secondary N) is 1. The van der Waals surface area contributed by atoms with Crippen LogP contribution in [0.25, 0.3) is 16.7 Å². The van der Waals surface area contributed by atoms with Gasteiger partial charge in [-0.15, -0.1) is 0 Å². The molecule has 6 nitrogen and oxygen atoms in total. The lowest BCUT2D eigenvalue weighted by atomic mass is 10.2. The van der Waals surface area contributed by atoms with Crippen molar-refractivity contribution in [2.24, 2.45) is 0 Å². The van der Waals surface area contributed by atoms with E-state index in [9.17, 15) is 10.1 Å². The largest absolute Gasteiger partial charge is 0.478 e. The molecule has 0 aliphatic carbocycles. The van der Waals surface area contributed by atoms with Crippen LogP contribution < -0.4 is 5.32 Å². The van der Waals surface area contributed by atoms with E-state index in [2.05, 4.69) is 10.3 Å². The summed E-state index contributed by atoms with van der Waals surface area (Å²) in [5.41, 5.74) is 2.10. The lowest BCUT2D eigenvalue weighted by Gasteiger charge is -2.01. The Labute approximate surface area is 141 Å². The normalized spacial score (nSPS) is 11.2. The van der Waals surface area contributed by atoms with Crippen LogP contribution in [0.5, 0.6) is 0 Å². The fraction of sp³-hybridized carbons (Fsp3) is 0. The fourth-order valence-corrected chi connectivity index (χ4v) is 2.19. The van der Waals surface area contributed by atoms with E-state index in [1.54, 1.807) is 30.3 Å². The molecular weight excluding hydrogens is 330 g/mol. The molecule has 0 saturated carbocycles. The number of hydrogen-bond acceptors (Lipinski definition) is 5. The number of rotatable bonds is 4. The van der Waals surface area contributed by atoms with Crippen LogP contribution in [-0.2, 0) is 0 Å². The maximum Gasteiger partial charge on any atom is 0.335 e. The summed E-state index contributed by atoms with van der Waals surface area (Å²) in [6.07, 6.45) is 1.45. The molecule has 3 rings (SSSR count). The van der Waals surface area contributed by atoms with Crippen molar-refractivity contribution in [1.82, 2.24) is 4.98 Å². The number of fused-ring (bicyclic) bond motifs is 1. The number of allylic oxidation sites excluding steroid dienone is 1. The van der Waals surface area contributed by atoms with Crippen molar-refractivity contribution in [2.45, 2.75) is 0 Å². The molecule has 0 fully saturated rings. The first kappa shape index (κ1) is 15.6. The van der Waals surface area contributed by atoms with Gasteiger partial charge in [-0.2, -0.15) is 5.26 Å². The third kappa shape index (κ3) is 3.21. The van der Waals surface area contributed by atoms with Crippen LogP contribution in [0, 0.1) is 11.3 Å². The average molecular weight is 340 g/mol. The number of aromatic carboxylic acids is 1. The maximum absolute atomic E-state index is 10.8. The summed E-state index contributed by atoms with van der Waals surface area (Å²) in [5.74, 6) is -0.829. The SMILES string of the molecule is N#C/C(=C\Nc1ccc(C(=O)O)cc1)c1nc2cc(Cl)ccc2o1. The Bertz CT molecular complexity index is 984. The molecule has 0 amide bonds. The monoisotopic (exact) mass is 339 g/mol. The second-order valence-corrected chi connectivity index (χ2v) is 5.26. The molecule has 0 saturated heterocycles. The minimum Gasteiger partial charge on any atom is -0.478 e. The molecule has 0 aliphatic rings.